The average Bonchev–Trinajstić information content (AvgIpc) is 2.85. The van der Waals surface area contributed by atoms with Gasteiger partial charge in [0.2, 0.25) is 11.0 Å². The molecule has 2 aromatic carbocycles. The normalized spacial score (nSPS) is 11.3. The third-order valence-corrected chi connectivity index (χ3v) is 3.81. The summed E-state index contributed by atoms with van der Waals surface area (Å²) in [6.45, 7) is 0. The topological polar surface area (TPSA) is 38.9 Å². The molecule has 3 nitrogen and oxygen atoms in total. The molecule has 0 amide bonds. The summed E-state index contributed by atoms with van der Waals surface area (Å²) in [4.78, 5) is 8.04. The van der Waals surface area contributed by atoms with Crippen LogP contribution in [0.5, 0.6) is 0 Å². The Kier molecular flexibility index (Phi) is 2.84. The predicted octanol–water partition coefficient (Wildman–Crippen LogP) is 5.35. The Bertz CT molecular complexity index is 964. The van der Waals surface area contributed by atoms with Gasteiger partial charge in [0, 0.05) is 5.39 Å². The lowest BCUT2D eigenvalue weighted by Gasteiger charge is -2.00. The molecule has 0 unspecified atom stereocenters. The van der Waals surface area contributed by atoms with Crippen LogP contribution in [0.3, 0.4) is 0 Å². The lowest BCUT2D eigenvalue weighted by atomic mass is 10.0. The first-order valence-corrected chi connectivity index (χ1v) is 7.09. The number of hydrogen-bond donors (Lipinski definition) is 0. The highest BCUT2D eigenvalue weighted by atomic mass is 35.5. The average molecular weight is 315 g/mol. The van der Waals surface area contributed by atoms with Crippen LogP contribution in [0.25, 0.3) is 33.2 Å². The fraction of sp³-hybridized carbons (Fsp3) is 0. The third-order valence-electron chi connectivity index (χ3n) is 3.37. The maximum absolute atomic E-state index is 6.14. The second-order valence-corrected chi connectivity index (χ2v) is 5.34. The van der Waals surface area contributed by atoms with Crippen LogP contribution in [-0.4, -0.2) is 9.97 Å². The van der Waals surface area contributed by atoms with Crippen LogP contribution in [-0.2, 0) is 0 Å². The van der Waals surface area contributed by atoms with E-state index in [1.807, 2.05) is 48.5 Å². The minimum Gasteiger partial charge on any atom is -0.437 e. The van der Waals surface area contributed by atoms with E-state index in [2.05, 4.69) is 9.97 Å². The number of benzene rings is 2. The Balaban J connectivity index is 2.01. The first-order chi connectivity index (χ1) is 10.2. The van der Waals surface area contributed by atoms with E-state index in [-0.39, 0.29) is 5.28 Å². The molecular formula is C16H8Cl2N2O. The quantitative estimate of drug-likeness (QED) is 0.351. The van der Waals surface area contributed by atoms with Crippen LogP contribution in [0, 0.1) is 0 Å². The first kappa shape index (κ1) is 12.6. The number of furan rings is 1. The Labute approximate surface area is 130 Å². The van der Waals surface area contributed by atoms with E-state index in [1.54, 1.807) is 0 Å². The minimum absolute atomic E-state index is 0.0786. The molecule has 102 valence electrons. The van der Waals surface area contributed by atoms with Crippen molar-refractivity contribution in [2.45, 2.75) is 0 Å². The first-order valence-electron chi connectivity index (χ1n) is 6.33. The fourth-order valence-corrected chi connectivity index (χ4v) is 2.88. The van der Waals surface area contributed by atoms with Crippen LogP contribution < -0.4 is 0 Å². The Hall–Kier alpha value is -2.10. The van der Waals surface area contributed by atoms with Crippen LogP contribution in [0.2, 0.25) is 10.4 Å². The summed E-state index contributed by atoms with van der Waals surface area (Å²) in [6.07, 6.45) is 0. The van der Waals surface area contributed by atoms with E-state index >= 15 is 0 Å². The molecule has 2 aromatic heterocycles. The van der Waals surface area contributed by atoms with Crippen molar-refractivity contribution < 1.29 is 4.42 Å². The largest absolute Gasteiger partial charge is 0.437 e. The van der Waals surface area contributed by atoms with Crippen LogP contribution in [0.15, 0.2) is 52.9 Å². The van der Waals surface area contributed by atoms with Gasteiger partial charge in [0.25, 0.3) is 0 Å². The molecule has 0 aliphatic carbocycles. The molecule has 0 N–H and O–H groups in total. The van der Waals surface area contributed by atoms with Gasteiger partial charge < -0.3 is 4.42 Å². The molecule has 0 fully saturated rings. The van der Waals surface area contributed by atoms with Gasteiger partial charge in [0.05, 0.1) is 5.39 Å². The molecule has 2 heterocycles. The van der Waals surface area contributed by atoms with E-state index in [1.165, 1.54) is 0 Å². The Morgan fingerprint density at radius 3 is 2.48 bits per heavy atom. The van der Waals surface area contributed by atoms with Gasteiger partial charge in [-0.3, -0.25) is 0 Å². The molecule has 0 spiro atoms. The summed E-state index contributed by atoms with van der Waals surface area (Å²) >= 11 is 12.0. The van der Waals surface area contributed by atoms with Crippen LogP contribution >= 0.6 is 23.2 Å². The molecule has 0 atom stereocenters. The molecular weight excluding hydrogens is 307 g/mol. The molecule has 0 saturated heterocycles. The fourth-order valence-electron chi connectivity index (χ4n) is 2.42. The van der Waals surface area contributed by atoms with E-state index in [4.69, 9.17) is 27.6 Å². The maximum Gasteiger partial charge on any atom is 0.233 e. The Morgan fingerprint density at radius 1 is 0.857 bits per heavy atom. The van der Waals surface area contributed by atoms with Gasteiger partial charge in [0.1, 0.15) is 10.7 Å². The lowest BCUT2D eigenvalue weighted by Crippen LogP contribution is -1.83. The van der Waals surface area contributed by atoms with Gasteiger partial charge in [0.15, 0.2) is 0 Å². The smallest absolute Gasteiger partial charge is 0.233 e. The highest BCUT2D eigenvalue weighted by Crippen LogP contribution is 2.34. The van der Waals surface area contributed by atoms with Crippen molar-refractivity contribution in [3.05, 3.63) is 59.0 Å². The minimum atomic E-state index is 0.0786. The van der Waals surface area contributed by atoms with Gasteiger partial charge in [-0.25, -0.2) is 4.98 Å². The van der Waals surface area contributed by atoms with Crippen molar-refractivity contribution in [2.24, 2.45) is 0 Å². The number of rotatable bonds is 1. The van der Waals surface area contributed by atoms with Gasteiger partial charge in [-0.1, -0.05) is 48.0 Å². The van der Waals surface area contributed by atoms with Gasteiger partial charge in [-0.05, 0) is 34.9 Å². The van der Waals surface area contributed by atoms with Crippen molar-refractivity contribution in [2.75, 3.05) is 0 Å². The monoisotopic (exact) mass is 314 g/mol. The van der Waals surface area contributed by atoms with Crippen LogP contribution in [0.1, 0.15) is 0 Å². The zero-order valence-electron chi connectivity index (χ0n) is 10.7. The summed E-state index contributed by atoms with van der Waals surface area (Å²) in [6, 6.07) is 16.0. The van der Waals surface area contributed by atoms with Crippen molar-refractivity contribution in [1.29, 1.82) is 0 Å². The number of fused-ring (bicyclic) bond motifs is 3. The Morgan fingerprint density at radius 2 is 1.67 bits per heavy atom. The molecule has 0 aliphatic heterocycles. The standard InChI is InChI=1S/C16H8Cl2N2O/c17-14-13-11-7-6-10(9-4-2-1-3-5-9)8-12(11)21-15(13)20-16(18)19-14/h1-8H. The number of nitrogens with zero attached hydrogens (tertiary/aromatic N) is 2. The molecule has 5 heteroatoms. The zero-order chi connectivity index (χ0) is 14.4. The van der Waals surface area contributed by atoms with Crippen molar-refractivity contribution in [3.8, 4) is 11.1 Å². The summed E-state index contributed by atoms with van der Waals surface area (Å²) in [5.41, 5.74) is 3.30. The number of halogens is 2. The predicted molar refractivity (Wildman–Crippen MR) is 84.8 cm³/mol. The molecule has 0 bridgehead atoms. The molecule has 4 rings (SSSR count). The molecule has 0 saturated carbocycles. The molecule has 21 heavy (non-hydrogen) atoms. The third kappa shape index (κ3) is 2.06. The summed E-state index contributed by atoms with van der Waals surface area (Å²) < 4.78 is 5.76. The highest BCUT2D eigenvalue weighted by molar-refractivity contribution is 6.37. The maximum atomic E-state index is 6.14. The van der Waals surface area contributed by atoms with E-state index in [9.17, 15) is 0 Å². The van der Waals surface area contributed by atoms with E-state index < -0.39 is 0 Å². The number of hydrogen-bond acceptors (Lipinski definition) is 3. The summed E-state index contributed by atoms with van der Waals surface area (Å²) in [7, 11) is 0. The molecule has 0 aliphatic rings. The second-order valence-electron chi connectivity index (χ2n) is 4.64. The SMILES string of the molecule is Clc1nc(Cl)c2c(n1)oc1cc(-c3ccccc3)ccc12. The van der Waals surface area contributed by atoms with Gasteiger partial charge >= 0.3 is 0 Å². The summed E-state index contributed by atoms with van der Waals surface area (Å²) in [5.74, 6) is 0. The summed E-state index contributed by atoms with van der Waals surface area (Å²) in [5, 5.41) is 1.95. The van der Waals surface area contributed by atoms with Crippen molar-refractivity contribution in [3.63, 3.8) is 0 Å². The number of aromatic nitrogens is 2. The molecule has 4 aromatic rings. The highest BCUT2D eigenvalue weighted by Gasteiger charge is 2.14. The zero-order valence-corrected chi connectivity index (χ0v) is 12.2. The van der Waals surface area contributed by atoms with Crippen molar-refractivity contribution in [1.82, 2.24) is 9.97 Å². The van der Waals surface area contributed by atoms with E-state index in [0.717, 1.165) is 16.5 Å². The second kappa shape index (κ2) is 4.72. The van der Waals surface area contributed by atoms with Crippen LogP contribution in [0.4, 0.5) is 0 Å². The lowest BCUT2D eigenvalue weighted by molar-refractivity contribution is 0.653. The van der Waals surface area contributed by atoms with Gasteiger partial charge in [-0.2, -0.15) is 4.98 Å². The van der Waals surface area contributed by atoms with E-state index in [0.29, 0.717) is 21.8 Å². The van der Waals surface area contributed by atoms with Crippen molar-refractivity contribution >= 4 is 45.3 Å². The van der Waals surface area contributed by atoms with Gasteiger partial charge in [-0.15, -0.1) is 0 Å². The molecule has 0 radical (unpaired) electrons.